The van der Waals surface area contributed by atoms with Gasteiger partial charge < -0.3 is 14.6 Å². The predicted molar refractivity (Wildman–Crippen MR) is 60.2 cm³/mol. The maximum Gasteiger partial charge on any atom is 0.315 e. The Labute approximate surface area is 99.2 Å². The molecule has 4 nitrogen and oxygen atoms in total. The summed E-state index contributed by atoms with van der Waals surface area (Å²) in [6.45, 7) is 1.19. The fourth-order valence-corrected chi connectivity index (χ4v) is 1.54. The molecular weight excluding hydrogens is 220 g/mol. The molecule has 0 aromatic heterocycles. The largest absolute Gasteiger partial charge is 0.481 e. The molecule has 17 heavy (non-hydrogen) atoms. The maximum atomic E-state index is 10.3. The molecule has 1 aromatic rings. The van der Waals surface area contributed by atoms with Crippen molar-refractivity contribution in [1.29, 1.82) is 0 Å². The van der Waals surface area contributed by atoms with Crippen molar-refractivity contribution in [3.05, 3.63) is 35.4 Å². The summed E-state index contributed by atoms with van der Waals surface area (Å²) in [5.41, 5.74) is 1.67. The van der Waals surface area contributed by atoms with Crippen LogP contribution in [-0.4, -0.2) is 24.3 Å². The average Bonchev–Trinajstić information content (AvgIpc) is 2.82. The van der Waals surface area contributed by atoms with Gasteiger partial charge in [0.15, 0.2) is 6.29 Å². The molecule has 0 bridgehead atoms. The lowest BCUT2D eigenvalue weighted by Gasteiger charge is -2.08. The summed E-state index contributed by atoms with van der Waals surface area (Å²) in [6.07, 6.45) is -0.475. The van der Waals surface area contributed by atoms with E-state index in [9.17, 15) is 4.79 Å². The normalized spacial score (nSPS) is 15.3. The molecule has 4 heteroatoms. The molecule has 1 saturated heterocycles. The minimum Gasteiger partial charge on any atom is -0.481 e. The fraction of sp³-hybridized carbons (Fsp3) is 0.308. The van der Waals surface area contributed by atoms with Crippen LogP contribution in [-0.2, 0) is 14.3 Å². The van der Waals surface area contributed by atoms with E-state index in [2.05, 4.69) is 11.8 Å². The number of ether oxygens (including phenoxy) is 2. The van der Waals surface area contributed by atoms with E-state index < -0.39 is 5.97 Å². The molecule has 1 N–H and O–H groups in total. The zero-order valence-corrected chi connectivity index (χ0v) is 9.18. The van der Waals surface area contributed by atoms with Crippen molar-refractivity contribution < 1.29 is 19.4 Å². The first-order chi connectivity index (χ1) is 8.25. The van der Waals surface area contributed by atoms with Crippen LogP contribution in [0.15, 0.2) is 24.3 Å². The van der Waals surface area contributed by atoms with E-state index in [1.54, 1.807) is 0 Å². The van der Waals surface area contributed by atoms with Gasteiger partial charge in [-0.3, -0.25) is 4.79 Å². The Morgan fingerprint density at radius 2 is 2.18 bits per heavy atom. The van der Waals surface area contributed by atoms with Crippen LogP contribution >= 0.6 is 0 Å². The Morgan fingerprint density at radius 1 is 1.41 bits per heavy atom. The van der Waals surface area contributed by atoms with Gasteiger partial charge in [-0.25, -0.2) is 0 Å². The van der Waals surface area contributed by atoms with Gasteiger partial charge in [-0.05, 0) is 12.1 Å². The minimum atomic E-state index is -0.920. The number of aliphatic carboxylic acids is 1. The highest BCUT2D eigenvalue weighted by molar-refractivity contribution is 5.70. The summed E-state index contributed by atoms with van der Waals surface area (Å²) in [5.74, 6) is 4.47. The Bertz CT molecular complexity index is 464. The van der Waals surface area contributed by atoms with Gasteiger partial charge in [0.1, 0.15) is 6.42 Å². The van der Waals surface area contributed by atoms with Crippen molar-refractivity contribution >= 4 is 5.97 Å². The van der Waals surface area contributed by atoms with Gasteiger partial charge >= 0.3 is 5.97 Å². The number of carboxylic acid groups (broad SMARTS) is 1. The first kappa shape index (κ1) is 11.6. The zero-order chi connectivity index (χ0) is 12.1. The summed E-state index contributed by atoms with van der Waals surface area (Å²) in [5, 5.41) is 8.48. The highest BCUT2D eigenvalue weighted by atomic mass is 16.7. The fourth-order valence-electron chi connectivity index (χ4n) is 1.54. The lowest BCUT2D eigenvalue weighted by Crippen LogP contribution is -1.98. The third-order valence-electron chi connectivity index (χ3n) is 2.25. The number of hydrogen-bond acceptors (Lipinski definition) is 3. The highest BCUT2D eigenvalue weighted by Crippen LogP contribution is 2.23. The van der Waals surface area contributed by atoms with Crippen LogP contribution in [0.1, 0.15) is 23.8 Å². The van der Waals surface area contributed by atoms with E-state index in [0.29, 0.717) is 13.2 Å². The van der Waals surface area contributed by atoms with Crippen molar-refractivity contribution in [2.45, 2.75) is 12.7 Å². The molecule has 1 fully saturated rings. The summed E-state index contributed by atoms with van der Waals surface area (Å²) < 4.78 is 10.7. The van der Waals surface area contributed by atoms with Gasteiger partial charge in [-0.15, -0.1) is 0 Å². The van der Waals surface area contributed by atoms with Crippen LogP contribution in [0.5, 0.6) is 0 Å². The highest BCUT2D eigenvalue weighted by Gasteiger charge is 2.17. The van der Waals surface area contributed by atoms with Crippen molar-refractivity contribution in [2.24, 2.45) is 0 Å². The van der Waals surface area contributed by atoms with Gasteiger partial charge in [0.2, 0.25) is 0 Å². The van der Waals surface area contributed by atoms with Crippen molar-refractivity contribution in [2.75, 3.05) is 13.2 Å². The second-order valence-corrected chi connectivity index (χ2v) is 3.57. The summed E-state index contributed by atoms with van der Waals surface area (Å²) in [7, 11) is 0. The molecular formula is C13H12O4. The minimum absolute atomic E-state index is 0.152. The van der Waals surface area contributed by atoms with Crippen molar-refractivity contribution in [3.63, 3.8) is 0 Å². The van der Waals surface area contributed by atoms with E-state index >= 15 is 0 Å². The van der Waals surface area contributed by atoms with Gasteiger partial charge in [0.25, 0.3) is 0 Å². The summed E-state index contributed by atoms with van der Waals surface area (Å²) >= 11 is 0. The van der Waals surface area contributed by atoms with Crippen LogP contribution in [0.3, 0.4) is 0 Å². The van der Waals surface area contributed by atoms with Crippen LogP contribution in [0.25, 0.3) is 0 Å². The van der Waals surface area contributed by atoms with Crippen molar-refractivity contribution in [1.82, 2.24) is 0 Å². The maximum absolute atomic E-state index is 10.3. The van der Waals surface area contributed by atoms with E-state index in [4.69, 9.17) is 14.6 Å². The molecule has 0 aliphatic carbocycles. The molecule has 0 radical (unpaired) electrons. The van der Waals surface area contributed by atoms with Crippen LogP contribution in [0, 0.1) is 11.8 Å². The van der Waals surface area contributed by atoms with Crippen LogP contribution < -0.4 is 0 Å². The first-order valence-electron chi connectivity index (χ1n) is 5.29. The number of hydrogen-bond donors (Lipinski definition) is 1. The van der Waals surface area contributed by atoms with E-state index in [-0.39, 0.29) is 12.7 Å². The second kappa shape index (κ2) is 5.48. The van der Waals surface area contributed by atoms with Crippen molar-refractivity contribution in [3.8, 4) is 11.8 Å². The third-order valence-corrected chi connectivity index (χ3v) is 2.25. The topological polar surface area (TPSA) is 55.8 Å². The van der Waals surface area contributed by atoms with Crippen LogP contribution in [0.4, 0.5) is 0 Å². The summed E-state index contributed by atoms with van der Waals surface area (Å²) in [4.78, 5) is 10.3. The third kappa shape index (κ3) is 3.31. The quantitative estimate of drug-likeness (QED) is 0.786. The number of carboxylic acids is 1. The van der Waals surface area contributed by atoms with E-state index in [1.165, 1.54) is 0 Å². The number of benzene rings is 1. The van der Waals surface area contributed by atoms with Gasteiger partial charge in [-0.1, -0.05) is 24.0 Å². The lowest BCUT2D eigenvalue weighted by molar-refractivity contribution is -0.135. The summed E-state index contributed by atoms with van der Waals surface area (Å²) in [6, 6.07) is 7.43. The molecule has 1 heterocycles. The smallest absolute Gasteiger partial charge is 0.315 e. The van der Waals surface area contributed by atoms with E-state index in [1.807, 2.05) is 24.3 Å². The first-order valence-corrected chi connectivity index (χ1v) is 5.29. The predicted octanol–water partition coefficient (Wildman–Crippen LogP) is 1.56. The molecule has 0 amide bonds. The standard InChI is InChI=1S/C13H12O4/c14-12(15)6-2-4-10-3-1-5-11(9-10)13-16-7-8-17-13/h1,3,5,9,13H,6-8H2,(H,14,15). The Balaban J connectivity index is 2.10. The zero-order valence-electron chi connectivity index (χ0n) is 9.18. The molecule has 1 aromatic carbocycles. The number of rotatable bonds is 2. The molecule has 2 rings (SSSR count). The Hall–Kier alpha value is -1.83. The SMILES string of the molecule is O=C(O)CC#Cc1cccc(C2OCCO2)c1. The number of carbonyl (C=O) groups is 1. The molecule has 1 aliphatic rings. The second-order valence-electron chi connectivity index (χ2n) is 3.57. The molecule has 0 atom stereocenters. The van der Waals surface area contributed by atoms with E-state index in [0.717, 1.165) is 11.1 Å². The molecule has 1 aliphatic heterocycles. The van der Waals surface area contributed by atoms with Gasteiger partial charge in [0, 0.05) is 11.1 Å². The average molecular weight is 232 g/mol. The Kier molecular flexibility index (Phi) is 3.76. The Morgan fingerprint density at radius 3 is 2.88 bits per heavy atom. The molecule has 0 spiro atoms. The molecule has 88 valence electrons. The lowest BCUT2D eigenvalue weighted by atomic mass is 10.1. The monoisotopic (exact) mass is 232 g/mol. The van der Waals surface area contributed by atoms with Gasteiger partial charge in [-0.2, -0.15) is 0 Å². The molecule has 0 unspecified atom stereocenters. The van der Waals surface area contributed by atoms with Gasteiger partial charge in [0.05, 0.1) is 13.2 Å². The van der Waals surface area contributed by atoms with Crippen LogP contribution in [0.2, 0.25) is 0 Å². The molecule has 0 saturated carbocycles.